The number of aliphatic hydroxyl groups is 1. The Labute approximate surface area is 102 Å². The van der Waals surface area contributed by atoms with Crippen molar-refractivity contribution in [3.05, 3.63) is 28.3 Å². The number of benzene rings is 1. The Kier molecular flexibility index (Phi) is 4.59. The van der Waals surface area contributed by atoms with Gasteiger partial charge >= 0.3 is 0 Å². The number of rotatable bonds is 4. The number of aliphatic hydroxyl groups excluding tert-OH is 1. The average Bonchev–Trinajstić information content (AvgIpc) is 2.24. The molecule has 1 unspecified atom stereocenters. The first-order valence-electron chi connectivity index (χ1n) is 5.37. The van der Waals surface area contributed by atoms with Crippen molar-refractivity contribution in [2.75, 3.05) is 25.9 Å². The van der Waals surface area contributed by atoms with Gasteiger partial charge in [0, 0.05) is 6.54 Å². The minimum atomic E-state index is -0.526. The number of anilines is 1. The van der Waals surface area contributed by atoms with Crippen molar-refractivity contribution in [2.24, 2.45) is 0 Å². The van der Waals surface area contributed by atoms with Crippen molar-refractivity contribution in [3.63, 3.8) is 0 Å². The number of likely N-dealkylation sites (N-methyl/N-ethyl adjacent to an activating group) is 1. The van der Waals surface area contributed by atoms with Gasteiger partial charge < -0.3 is 15.7 Å². The molecule has 1 aromatic carbocycles. The minimum absolute atomic E-state index is 0.508. The predicted octanol–water partition coefficient (Wildman–Crippen LogP) is 2.22. The normalized spacial score (nSPS) is 13.1. The van der Waals surface area contributed by atoms with Crippen molar-refractivity contribution in [3.8, 4) is 0 Å². The van der Waals surface area contributed by atoms with Crippen molar-refractivity contribution in [2.45, 2.75) is 20.0 Å². The summed E-state index contributed by atoms with van der Waals surface area (Å²) in [5.74, 6) is 0. The summed E-state index contributed by atoms with van der Waals surface area (Å²) in [4.78, 5) is 2.05. The van der Waals surface area contributed by atoms with Crippen LogP contribution in [0, 0.1) is 6.92 Å². The highest BCUT2D eigenvalue weighted by molar-refractivity contribution is 6.33. The van der Waals surface area contributed by atoms with Gasteiger partial charge in [0.2, 0.25) is 0 Å². The molecule has 0 aliphatic carbocycles. The molecule has 90 valence electrons. The fraction of sp³-hybridized carbons (Fsp3) is 0.500. The largest absolute Gasteiger partial charge is 0.397 e. The van der Waals surface area contributed by atoms with Crippen LogP contribution in [-0.2, 0) is 0 Å². The van der Waals surface area contributed by atoms with E-state index in [4.69, 9.17) is 17.3 Å². The van der Waals surface area contributed by atoms with Crippen molar-refractivity contribution in [1.29, 1.82) is 0 Å². The number of nitrogens with two attached hydrogens (primary N) is 1. The predicted molar refractivity (Wildman–Crippen MR) is 68.7 cm³/mol. The van der Waals surface area contributed by atoms with Gasteiger partial charge in [0.1, 0.15) is 0 Å². The molecule has 4 heteroatoms. The monoisotopic (exact) mass is 242 g/mol. The maximum Gasteiger partial charge on any atom is 0.0917 e. The number of nitrogen functional groups attached to an aromatic ring is 1. The molecule has 1 aromatic rings. The summed E-state index contributed by atoms with van der Waals surface area (Å²) in [5.41, 5.74) is 8.06. The Morgan fingerprint density at radius 1 is 1.50 bits per heavy atom. The highest BCUT2D eigenvalue weighted by Gasteiger charge is 2.12. The minimum Gasteiger partial charge on any atom is -0.397 e. The number of nitrogens with zero attached hydrogens (tertiary/aromatic N) is 1. The van der Waals surface area contributed by atoms with E-state index >= 15 is 0 Å². The fourth-order valence-electron chi connectivity index (χ4n) is 1.50. The van der Waals surface area contributed by atoms with Gasteiger partial charge in [-0.2, -0.15) is 0 Å². The third-order valence-electron chi connectivity index (χ3n) is 2.77. The summed E-state index contributed by atoms with van der Waals surface area (Å²) in [6, 6.07) is 3.62. The molecule has 0 fully saturated rings. The maximum absolute atomic E-state index is 10.0. The van der Waals surface area contributed by atoms with E-state index in [1.54, 1.807) is 6.07 Å². The molecule has 0 spiro atoms. The first-order valence-corrected chi connectivity index (χ1v) is 5.75. The zero-order chi connectivity index (χ0) is 12.3. The Morgan fingerprint density at radius 3 is 2.62 bits per heavy atom. The van der Waals surface area contributed by atoms with Crippen molar-refractivity contribution in [1.82, 2.24) is 4.90 Å². The topological polar surface area (TPSA) is 49.5 Å². The van der Waals surface area contributed by atoms with E-state index in [0.717, 1.165) is 17.7 Å². The van der Waals surface area contributed by atoms with E-state index in [2.05, 4.69) is 0 Å². The van der Waals surface area contributed by atoms with Gasteiger partial charge in [-0.3, -0.25) is 0 Å². The lowest BCUT2D eigenvalue weighted by Gasteiger charge is -2.20. The standard InChI is InChI=1S/C12H19ClN2O/c1-4-15(3)7-11(16)9-5-8(2)12(14)10(13)6-9/h5-6,11,16H,4,7,14H2,1-3H3. The number of hydrogen-bond acceptors (Lipinski definition) is 3. The second-order valence-corrected chi connectivity index (χ2v) is 4.51. The van der Waals surface area contributed by atoms with Crippen LogP contribution in [0.1, 0.15) is 24.2 Å². The molecule has 0 aliphatic heterocycles. The molecule has 16 heavy (non-hydrogen) atoms. The van der Waals surface area contributed by atoms with Crippen molar-refractivity contribution >= 4 is 17.3 Å². The van der Waals surface area contributed by atoms with Crippen LogP contribution in [0.5, 0.6) is 0 Å². The summed E-state index contributed by atoms with van der Waals surface area (Å²) in [7, 11) is 1.97. The molecule has 0 amide bonds. The van der Waals surface area contributed by atoms with Crippen LogP contribution in [0.25, 0.3) is 0 Å². The zero-order valence-corrected chi connectivity index (χ0v) is 10.8. The smallest absolute Gasteiger partial charge is 0.0917 e. The Bertz CT molecular complexity index is 345. The van der Waals surface area contributed by atoms with Crippen LogP contribution in [0.3, 0.4) is 0 Å². The summed E-state index contributed by atoms with van der Waals surface area (Å²) in [6.45, 7) is 5.43. The fourth-order valence-corrected chi connectivity index (χ4v) is 1.78. The second-order valence-electron chi connectivity index (χ2n) is 4.10. The highest BCUT2D eigenvalue weighted by atomic mass is 35.5. The van der Waals surface area contributed by atoms with Gasteiger partial charge in [0.25, 0.3) is 0 Å². The molecular weight excluding hydrogens is 224 g/mol. The first-order chi connectivity index (χ1) is 7.45. The lowest BCUT2D eigenvalue weighted by Crippen LogP contribution is -2.24. The molecule has 0 saturated heterocycles. The van der Waals surface area contributed by atoms with Crippen LogP contribution < -0.4 is 5.73 Å². The van der Waals surface area contributed by atoms with Crippen LogP contribution in [0.15, 0.2) is 12.1 Å². The van der Waals surface area contributed by atoms with Gasteiger partial charge in [-0.05, 0) is 37.7 Å². The third kappa shape index (κ3) is 3.11. The Balaban J connectivity index is 2.88. The molecular formula is C12H19ClN2O. The van der Waals surface area contributed by atoms with Crippen LogP contribution >= 0.6 is 11.6 Å². The third-order valence-corrected chi connectivity index (χ3v) is 3.08. The second kappa shape index (κ2) is 5.53. The molecule has 0 heterocycles. The first kappa shape index (κ1) is 13.3. The molecule has 0 aromatic heterocycles. The lowest BCUT2D eigenvalue weighted by atomic mass is 10.0. The lowest BCUT2D eigenvalue weighted by molar-refractivity contribution is 0.129. The molecule has 1 atom stereocenters. The molecule has 0 bridgehead atoms. The summed E-state index contributed by atoms with van der Waals surface area (Å²) in [6.07, 6.45) is -0.526. The number of hydrogen-bond donors (Lipinski definition) is 2. The van der Waals surface area contributed by atoms with Gasteiger partial charge in [-0.25, -0.2) is 0 Å². The van der Waals surface area contributed by atoms with Gasteiger partial charge in [0.15, 0.2) is 0 Å². The van der Waals surface area contributed by atoms with E-state index in [1.165, 1.54) is 0 Å². The van der Waals surface area contributed by atoms with Crippen LogP contribution in [0.4, 0.5) is 5.69 Å². The van der Waals surface area contributed by atoms with E-state index in [9.17, 15) is 5.11 Å². The van der Waals surface area contributed by atoms with Gasteiger partial charge in [-0.15, -0.1) is 0 Å². The van der Waals surface area contributed by atoms with Gasteiger partial charge in [-0.1, -0.05) is 24.6 Å². The van der Waals surface area contributed by atoms with Gasteiger partial charge in [0.05, 0.1) is 16.8 Å². The Morgan fingerprint density at radius 2 is 2.12 bits per heavy atom. The highest BCUT2D eigenvalue weighted by Crippen LogP contribution is 2.27. The molecule has 0 saturated carbocycles. The van der Waals surface area contributed by atoms with E-state index in [-0.39, 0.29) is 0 Å². The maximum atomic E-state index is 10.0. The van der Waals surface area contributed by atoms with Crippen LogP contribution in [-0.4, -0.2) is 30.1 Å². The molecule has 3 nitrogen and oxygen atoms in total. The molecule has 0 radical (unpaired) electrons. The summed E-state index contributed by atoms with van der Waals surface area (Å²) < 4.78 is 0. The van der Waals surface area contributed by atoms with Crippen LogP contribution in [0.2, 0.25) is 5.02 Å². The SMILES string of the molecule is CCN(C)CC(O)c1cc(C)c(N)c(Cl)c1. The van der Waals surface area contributed by atoms with E-state index < -0.39 is 6.10 Å². The number of aryl methyl sites for hydroxylation is 1. The number of halogens is 1. The average molecular weight is 243 g/mol. The molecule has 3 N–H and O–H groups in total. The molecule has 1 rings (SSSR count). The quantitative estimate of drug-likeness (QED) is 0.796. The summed E-state index contributed by atoms with van der Waals surface area (Å²) >= 11 is 5.98. The summed E-state index contributed by atoms with van der Waals surface area (Å²) in [5, 5.41) is 10.5. The van der Waals surface area contributed by atoms with Crippen molar-refractivity contribution < 1.29 is 5.11 Å². The zero-order valence-electron chi connectivity index (χ0n) is 10.00. The van der Waals surface area contributed by atoms with E-state index in [1.807, 2.05) is 31.9 Å². The molecule has 0 aliphatic rings. The van der Waals surface area contributed by atoms with E-state index in [0.29, 0.717) is 17.3 Å². The Hall–Kier alpha value is -0.770.